The van der Waals surface area contributed by atoms with E-state index >= 15 is 0 Å². The van der Waals surface area contributed by atoms with E-state index in [0.29, 0.717) is 17.9 Å². The van der Waals surface area contributed by atoms with E-state index in [1.165, 1.54) is 23.8 Å². The van der Waals surface area contributed by atoms with E-state index in [2.05, 4.69) is 31.0 Å². The molecule has 0 atom stereocenters. The Morgan fingerprint density at radius 2 is 2.00 bits per heavy atom. The Morgan fingerprint density at radius 1 is 1.29 bits per heavy atom. The highest BCUT2D eigenvalue weighted by Crippen LogP contribution is 2.40. The van der Waals surface area contributed by atoms with Crippen molar-refractivity contribution in [1.82, 2.24) is 14.8 Å². The Balaban J connectivity index is 1.49. The average molecular weight is 386 g/mol. The number of carbonyl (C=O) groups excluding carboxylic acids is 1. The van der Waals surface area contributed by atoms with Crippen molar-refractivity contribution in [2.24, 2.45) is 18.4 Å². The van der Waals surface area contributed by atoms with Crippen LogP contribution >= 0.6 is 0 Å². The van der Waals surface area contributed by atoms with Gasteiger partial charge in [-0.15, -0.1) is 0 Å². The Morgan fingerprint density at radius 3 is 2.68 bits per heavy atom. The summed E-state index contributed by atoms with van der Waals surface area (Å²) in [4.78, 5) is 27.0. The minimum atomic E-state index is -0.256. The van der Waals surface area contributed by atoms with E-state index in [-0.39, 0.29) is 17.0 Å². The van der Waals surface area contributed by atoms with Crippen molar-refractivity contribution in [3.05, 3.63) is 45.4 Å². The first kappa shape index (κ1) is 20.8. The minimum absolute atomic E-state index is 0.226. The lowest BCUT2D eigenvalue weighted by molar-refractivity contribution is 0.0934. The van der Waals surface area contributed by atoms with Crippen LogP contribution < -0.4 is 10.9 Å². The summed E-state index contributed by atoms with van der Waals surface area (Å²) in [5, 5.41) is 2.97. The summed E-state index contributed by atoms with van der Waals surface area (Å²) in [7, 11) is 1.67. The normalized spacial score (nSPS) is 21.0. The quantitative estimate of drug-likeness (QED) is 0.791. The summed E-state index contributed by atoms with van der Waals surface area (Å²) < 4.78 is 1.44. The highest BCUT2D eigenvalue weighted by molar-refractivity contribution is 5.93. The third-order valence-electron chi connectivity index (χ3n) is 6.69. The van der Waals surface area contributed by atoms with Crippen molar-refractivity contribution < 1.29 is 4.79 Å². The molecule has 5 nitrogen and oxygen atoms in total. The van der Waals surface area contributed by atoms with Gasteiger partial charge in [-0.1, -0.05) is 25.0 Å². The first-order chi connectivity index (χ1) is 13.3. The highest BCUT2D eigenvalue weighted by atomic mass is 16.2. The zero-order valence-corrected chi connectivity index (χ0v) is 17.9. The topological polar surface area (TPSA) is 54.3 Å². The number of aryl methyl sites for hydroxylation is 1. The van der Waals surface area contributed by atoms with Crippen molar-refractivity contribution in [2.75, 3.05) is 26.2 Å². The first-order valence-corrected chi connectivity index (χ1v) is 10.6. The Kier molecular flexibility index (Phi) is 6.43. The fourth-order valence-electron chi connectivity index (χ4n) is 4.70. The SMILES string of the molecule is CC1=C(CN2CCC(CNC(=O)c3cccn(C)c3=O)CC2)C(C)(C)CCC1. The number of amides is 1. The lowest BCUT2D eigenvalue weighted by Gasteiger charge is -2.39. The molecule has 2 heterocycles. The van der Waals surface area contributed by atoms with E-state index in [0.717, 1.165) is 32.5 Å². The standard InChI is InChI=1S/C23H35N3O2/c1-17-7-5-11-23(2,3)20(17)16-26-13-9-18(10-14-26)15-24-21(27)19-8-6-12-25(4)22(19)28/h6,8,12,18H,5,7,9-11,13-16H2,1-4H3,(H,24,27). The molecule has 0 saturated carbocycles. The van der Waals surface area contributed by atoms with Gasteiger partial charge in [0, 0.05) is 26.3 Å². The van der Waals surface area contributed by atoms with E-state index in [4.69, 9.17) is 0 Å². The van der Waals surface area contributed by atoms with Crippen LogP contribution in [0.3, 0.4) is 0 Å². The number of allylic oxidation sites excluding steroid dienone is 1. The molecular weight excluding hydrogens is 350 g/mol. The van der Waals surface area contributed by atoms with Crippen LogP contribution in [0.25, 0.3) is 0 Å². The van der Waals surface area contributed by atoms with E-state index in [9.17, 15) is 9.59 Å². The van der Waals surface area contributed by atoms with Crippen LogP contribution in [0.15, 0.2) is 34.3 Å². The molecule has 154 valence electrons. The second-order valence-corrected chi connectivity index (χ2v) is 9.26. The maximum Gasteiger partial charge on any atom is 0.263 e. The third kappa shape index (κ3) is 4.75. The number of rotatable bonds is 5. The molecule has 0 radical (unpaired) electrons. The number of carbonyl (C=O) groups is 1. The second-order valence-electron chi connectivity index (χ2n) is 9.26. The number of hydrogen-bond acceptors (Lipinski definition) is 3. The van der Waals surface area contributed by atoms with Crippen LogP contribution in [0.2, 0.25) is 0 Å². The van der Waals surface area contributed by atoms with Crippen LogP contribution in [0.5, 0.6) is 0 Å². The number of likely N-dealkylation sites (tertiary alicyclic amines) is 1. The molecule has 1 fully saturated rings. The van der Waals surface area contributed by atoms with Gasteiger partial charge in [0.15, 0.2) is 0 Å². The number of pyridine rings is 1. The van der Waals surface area contributed by atoms with Gasteiger partial charge in [-0.2, -0.15) is 0 Å². The van der Waals surface area contributed by atoms with Crippen LogP contribution in [0.4, 0.5) is 0 Å². The maximum absolute atomic E-state index is 12.4. The molecule has 28 heavy (non-hydrogen) atoms. The summed E-state index contributed by atoms with van der Waals surface area (Å²) in [5.74, 6) is 0.232. The van der Waals surface area contributed by atoms with Crippen molar-refractivity contribution in [3.63, 3.8) is 0 Å². The molecule has 1 N–H and O–H groups in total. The van der Waals surface area contributed by atoms with Gasteiger partial charge in [-0.25, -0.2) is 0 Å². The smallest absolute Gasteiger partial charge is 0.263 e. The average Bonchev–Trinajstić information content (AvgIpc) is 2.66. The molecule has 1 aliphatic carbocycles. The number of piperidine rings is 1. The van der Waals surface area contributed by atoms with Gasteiger partial charge in [-0.05, 0) is 75.6 Å². The third-order valence-corrected chi connectivity index (χ3v) is 6.69. The highest BCUT2D eigenvalue weighted by Gasteiger charge is 2.30. The molecule has 0 bridgehead atoms. The maximum atomic E-state index is 12.4. The van der Waals surface area contributed by atoms with Crippen LogP contribution in [0.1, 0.15) is 63.2 Å². The number of aromatic nitrogens is 1. The van der Waals surface area contributed by atoms with E-state index in [1.807, 2.05) is 0 Å². The minimum Gasteiger partial charge on any atom is -0.352 e. The Labute approximate surface area is 168 Å². The molecule has 0 spiro atoms. The fraction of sp³-hybridized carbons (Fsp3) is 0.652. The molecule has 1 amide bonds. The van der Waals surface area contributed by atoms with Gasteiger partial charge < -0.3 is 9.88 Å². The largest absolute Gasteiger partial charge is 0.352 e. The fourth-order valence-corrected chi connectivity index (χ4v) is 4.70. The summed E-state index contributed by atoms with van der Waals surface area (Å²) in [6, 6.07) is 3.33. The van der Waals surface area contributed by atoms with Gasteiger partial charge in [0.05, 0.1) is 0 Å². The number of hydrogen-bond donors (Lipinski definition) is 1. The molecule has 5 heteroatoms. The van der Waals surface area contributed by atoms with Crippen molar-refractivity contribution in [2.45, 2.75) is 52.9 Å². The van der Waals surface area contributed by atoms with Gasteiger partial charge >= 0.3 is 0 Å². The van der Waals surface area contributed by atoms with Crippen LogP contribution in [-0.4, -0.2) is 41.6 Å². The predicted molar refractivity (Wildman–Crippen MR) is 114 cm³/mol. The zero-order valence-electron chi connectivity index (χ0n) is 17.9. The summed E-state index contributed by atoms with van der Waals surface area (Å²) in [6.07, 6.45) is 7.72. The molecule has 1 aliphatic heterocycles. The lowest BCUT2D eigenvalue weighted by atomic mass is 9.72. The molecule has 2 aliphatic rings. The number of nitrogens with one attached hydrogen (secondary N) is 1. The van der Waals surface area contributed by atoms with E-state index in [1.54, 1.807) is 36.5 Å². The molecule has 1 saturated heterocycles. The van der Waals surface area contributed by atoms with E-state index < -0.39 is 0 Å². The predicted octanol–water partition coefficient (Wildman–Crippen LogP) is 3.35. The van der Waals surface area contributed by atoms with Crippen molar-refractivity contribution >= 4 is 5.91 Å². The molecule has 0 unspecified atom stereocenters. The monoisotopic (exact) mass is 385 g/mol. The lowest BCUT2D eigenvalue weighted by Crippen LogP contribution is -2.41. The zero-order chi connectivity index (χ0) is 20.3. The van der Waals surface area contributed by atoms with Gasteiger partial charge in [0.2, 0.25) is 0 Å². The molecule has 1 aromatic rings. The molecule has 1 aromatic heterocycles. The van der Waals surface area contributed by atoms with Gasteiger partial charge in [0.25, 0.3) is 11.5 Å². The van der Waals surface area contributed by atoms with Crippen molar-refractivity contribution in [1.29, 1.82) is 0 Å². The molecule has 3 rings (SSSR count). The van der Waals surface area contributed by atoms with Crippen LogP contribution in [-0.2, 0) is 7.05 Å². The summed E-state index contributed by atoms with van der Waals surface area (Å²) in [6.45, 7) is 11.0. The number of nitrogens with zero attached hydrogens (tertiary/aromatic N) is 2. The summed E-state index contributed by atoms with van der Waals surface area (Å²) >= 11 is 0. The molecule has 0 aromatic carbocycles. The second kappa shape index (κ2) is 8.64. The molecular formula is C23H35N3O2. The first-order valence-electron chi connectivity index (χ1n) is 10.6. The summed E-state index contributed by atoms with van der Waals surface area (Å²) in [5.41, 5.74) is 3.55. The Hall–Kier alpha value is -1.88. The van der Waals surface area contributed by atoms with Crippen LogP contribution in [0, 0.1) is 11.3 Å². The van der Waals surface area contributed by atoms with Gasteiger partial charge in [0.1, 0.15) is 5.56 Å². The van der Waals surface area contributed by atoms with Gasteiger partial charge in [-0.3, -0.25) is 14.5 Å². The van der Waals surface area contributed by atoms with Crippen molar-refractivity contribution in [3.8, 4) is 0 Å². The Bertz CT molecular complexity index is 798.